The molecule has 0 heterocycles. The van der Waals surface area contributed by atoms with Crippen LogP contribution in [0.1, 0.15) is 48.6 Å². The molecule has 0 spiro atoms. The average molecular weight is 302 g/mol. The summed E-state index contributed by atoms with van der Waals surface area (Å²) in [7, 11) is 0. The van der Waals surface area contributed by atoms with Gasteiger partial charge in [0.1, 0.15) is 0 Å². The summed E-state index contributed by atoms with van der Waals surface area (Å²) in [6.45, 7) is 7.44. The van der Waals surface area contributed by atoms with E-state index < -0.39 is 0 Å². The predicted octanol–water partition coefficient (Wildman–Crippen LogP) is 5.30. The fraction of sp³-hybridized carbons (Fsp3) is 0.368. The molecule has 0 radical (unpaired) electrons. The first-order valence-electron chi connectivity index (χ1n) is 7.74. The Morgan fingerprint density at radius 2 is 1.67 bits per heavy atom. The maximum Gasteiger partial charge on any atom is 0.0576 e. The Morgan fingerprint density at radius 3 is 2.24 bits per heavy atom. The molecule has 2 aromatic rings. The number of nitrogens with one attached hydrogen (secondary N) is 1. The summed E-state index contributed by atoms with van der Waals surface area (Å²) >= 11 is 6.15. The first kappa shape index (κ1) is 16.1. The van der Waals surface area contributed by atoms with Gasteiger partial charge in [-0.25, -0.2) is 0 Å². The molecule has 21 heavy (non-hydrogen) atoms. The third-order valence-corrected chi connectivity index (χ3v) is 4.26. The molecule has 2 heteroatoms. The monoisotopic (exact) mass is 301 g/mol. The lowest BCUT2D eigenvalue weighted by atomic mass is 9.96. The molecule has 0 amide bonds. The summed E-state index contributed by atoms with van der Waals surface area (Å²) in [4.78, 5) is 0. The van der Waals surface area contributed by atoms with Gasteiger partial charge in [0.15, 0.2) is 0 Å². The minimum Gasteiger partial charge on any atom is -0.306 e. The lowest BCUT2D eigenvalue weighted by Gasteiger charge is -2.20. The zero-order chi connectivity index (χ0) is 15.2. The highest BCUT2D eigenvalue weighted by Crippen LogP contribution is 2.26. The molecule has 1 atom stereocenters. The van der Waals surface area contributed by atoms with Gasteiger partial charge >= 0.3 is 0 Å². The highest BCUT2D eigenvalue weighted by molar-refractivity contribution is 6.31. The van der Waals surface area contributed by atoms with Crippen LogP contribution >= 0.6 is 11.6 Å². The van der Waals surface area contributed by atoms with E-state index in [1.165, 1.54) is 16.7 Å². The average Bonchev–Trinajstić information content (AvgIpc) is 2.51. The Balaban J connectivity index is 2.33. The summed E-state index contributed by atoms with van der Waals surface area (Å²) in [6, 6.07) is 15.4. The second kappa shape index (κ2) is 7.63. The lowest BCUT2D eigenvalue weighted by molar-refractivity contribution is 0.598. The molecule has 0 aromatic heterocycles. The van der Waals surface area contributed by atoms with Crippen molar-refractivity contribution in [2.24, 2.45) is 0 Å². The van der Waals surface area contributed by atoms with E-state index in [1.54, 1.807) is 0 Å². The van der Waals surface area contributed by atoms with E-state index in [9.17, 15) is 0 Å². The highest BCUT2D eigenvalue weighted by Gasteiger charge is 2.14. The second-order valence-corrected chi connectivity index (χ2v) is 5.90. The molecule has 1 nitrogen and oxygen atoms in total. The van der Waals surface area contributed by atoms with Crippen molar-refractivity contribution in [3.63, 3.8) is 0 Å². The van der Waals surface area contributed by atoms with E-state index in [4.69, 9.17) is 11.6 Å². The standard InChI is InChI=1S/C19H24ClN/c1-4-12-21-19(16-8-6-15(5-2)7-9-16)17-10-11-18(20)14(3)13-17/h6-11,13,19,21H,4-5,12H2,1-3H3. The van der Waals surface area contributed by atoms with E-state index in [2.05, 4.69) is 62.5 Å². The predicted molar refractivity (Wildman–Crippen MR) is 92.1 cm³/mol. The van der Waals surface area contributed by atoms with Crippen LogP contribution in [0.4, 0.5) is 0 Å². The zero-order valence-electron chi connectivity index (χ0n) is 13.1. The molecule has 0 aliphatic carbocycles. The molecular formula is C19H24ClN. The van der Waals surface area contributed by atoms with Crippen molar-refractivity contribution in [3.8, 4) is 0 Å². The normalized spacial score (nSPS) is 12.4. The number of aryl methyl sites for hydroxylation is 2. The molecule has 2 aromatic carbocycles. The van der Waals surface area contributed by atoms with Gasteiger partial charge in [0.25, 0.3) is 0 Å². The van der Waals surface area contributed by atoms with Gasteiger partial charge in [0.2, 0.25) is 0 Å². The van der Waals surface area contributed by atoms with Gasteiger partial charge in [0, 0.05) is 5.02 Å². The van der Waals surface area contributed by atoms with Crippen molar-refractivity contribution in [1.82, 2.24) is 5.32 Å². The van der Waals surface area contributed by atoms with Crippen molar-refractivity contribution in [2.45, 2.75) is 39.7 Å². The Labute approximate surface area is 133 Å². The van der Waals surface area contributed by atoms with Gasteiger partial charge in [-0.15, -0.1) is 0 Å². The fourth-order valence-corrected chi connectivity index (χ4v) is 2.63. The molecule has 1 N–H and O–H groups in total. The van der Waals surface area contributed by atoms with Crippen molar-refractivity contribution in [2.75, 3.05) is 6.54 Å². The second-order valence-electron chi connectivity index (χ2n) is 5.49. The molecule has 0 saturated heterocycles. The summed E-state index contributed by atoms with van der Waals surface area (Å²) in [6.07, 6.45) is 2.20. The van der Waals surface area contributed by atoms with Crippen molar-refractivity contribution < 1.29 is 0 Å². The number of benzene rings is 2. The van der Waals surface area contributed by atoms with E-state index in [-0.39, 0.29) is 6.04 Å². The van der Waals surface area contributed by atoms with Gasteiger partial charge in [0.05, 0.1) is 6.04 Å². The molecule has 1 unspecified atom stereocenters. The van der Waals surface area contributed by atoms with Crippen LogP contribution in [0.3, 0.4) is 0 Å². The van der Waals surface area contributed by atoms with E-state index >= 15 is 0 Å². The first-order chi connectivity index (χ1) is 10.2. The molecular weight excluding hydrogens is 278 g/mol. The summed E-state index contributed by atoms with van der Waals surface area (Å²) in [5.74, 6) is 0. The fourth-order valence-electron chi connectivity index (χ4n) is 2.51. The van der Waals surface area contributed by atoms with Crippen LogP contribution in [-0.4, -0.2) is 6.54 Å². The van der Waals surface area contributed by atoms with Crippen LogP contribution < -0.4 is 5.32 Å². The largest absolute Gasteiger partial charge is 0.306 e. The third-order valence-electron chi connectivity index (χ3n) is 3.84. The zero-order valence-corrected chi connectivity index (χ0v) is 13.9. The third kappa shape index (κ3) is 4.09. The number of halogens is 1. The molecule has 0 aliphatic heterocycles. The smallest absolute Gasteiger partial charge is 0.0576 e. The number of hydrogen-bond acceptors (Lipinski definition) is 1. The molecule has 112 valence electrons. The molecule has 2 rings (SSSR count). The molecule has 0 bridgehead atoms. The Kier molecular flexibility index (Phi) is 5.84. The highest BCUT2D eigenvalue weighted by atomic mass is 35.5. The van der Waals surface area contributed by atoms with Crippen LogP contribution in [0.2, 0.25) is 5.02 Å². The van der Waals surface area contributed by atoms with Gasteiger partial charge < -0.3 is 5.32 Å². The Bertz CT molecular complexity index is 575. The minimum absolute atomic E-state index is 0.229. The van der Waals surface area contributed by atoms with Crippen LogP contribution in [0.25, 0.3) is 0 Å². The van der Waals surface area contributed by atoms with Gasteiger partial charge in [-0.3, -0.25) is 0 Å². The number of hydrogen-bond donors (Lipinski definition) is 1. The maximum atomic E-state index is 6.15. The van der Waals surface area contributed by atoms with Gasteiger partial charge in [-0.05, 0) is 54.6 Å². The molecule has 0 saturated carbocycles. The van der Waals surface area contributed by atoms with Crippen molar-refractivity contribution in [1.29, 1.82) is 0 Å². The van der Waals surface area contributed by atoms with Crippen LogP contribution in [-0.2, 0) is 6.42 Å². The van der Waals surface area contributed by atoms with Crippen molar-refractivity contribution >= 4 is 11.6 Å². The van der Waals surface area contributed by atoms with E-state index in [1.807, 2.05) is 6.07 Å². The van der Waals surface area contributed by atoms with Crippen LogP contribution in [0.5, 0.6) is 0 Å². The summed E-state index contributed by atoms with van der Waals surface area (Å²) < 4.78 is 0. The van der Waals surface area contributed by atoms with Gasteiger partial charge in [-0.2, -0.15) is 0 Å². The minimum atomic E-state index is 0.229. The van der Waals surface area contributed by atoms with Crippen LogP contribution in [0.15, 0.2) is 42.5 Å². The summed E-state index contributed by atoms with van der Waals surface area (Å²) in [5.41, 5.74) is 5.08. The topological polar surface area (TPSA) is 12.0 Å². The molecule has 0 fully saturated rings. The Morgan fingerprint density at radius 1 is 1.00 bits per heavy atom. The van der Waals surface area contributed by atoms with Crippen LogP contribution in [0, 0.1) is 6.92 Å². The quantitative estimate of drug-likeness (QED) is 0.763. The maximum absolute atomic E-state index is 6.15. The first-order valence-corrected chi connectivity index (χ1v) is 8.11. The van der Waals surface area contributed by atoms with E-state index in [0.717, 1.165) is 30.0 Å². The lowest BCUT2D eigenvalue weighted by Crippen LogP contribution is -2.23. The molecule has 0 aliphatic rings. The number of rotatable bonds is 6. The Hall–Kier alpha value is -1.31. The van der Waals surface area contributed by atoms with Crippen molar-refractivity contribution in [3.05, 3.63) is 69.7 Å². The van der Waals surface area contributed by atoms with Gasteiger partial charge in [-0.1, -0.05) is 61.8 Å². The summed E-state index contributed by atoms with van der Waals surface area (Å²) in [5, 5.41) is 4.47. The SMILES string of the molecule is CCCNC(c1ccc(CC)cc1)c1ccc(Cl)c(C)c1. The van der Waals surface area contributed by atoms with E-state index in [0.29, 0.717) is 0 Å².